The van der Waals surface area contributed by atoms with Crippen LogP contribution < -0.4 is 9.46 Å². The number of benzene rings is 1. The molecule has 1 aliphatic heterocycles. The molecule has 0 bridgehead atoms. The second kappa shape index (κ2) is 6.49. The third-order valence-corrected chi connectivity index (χ3v) is 6.84. The SMILES string of the molecule is COc1cc(Cn2cccn2)cc2onc(NS(=O)(=O)CC3[C@H]4COC[C@@H]34)c12. The number of anilines is 1. The first kappa shape index (κ1) is 17.5. The topological polar surface area (TPSA) is 108 Å². The van der Waals surface area contributed by atoms with Crippen LogP contribution >= 0.6 is 0 Å². The zero-order valence-electron chi connectivity index (χ0n) is 15.2. The van der Waals surface area contributed by atoms with E-state index in [9.17, 15) is 8.42 Å². The van der Waals surface area contributed by atoms with Gasteiger partial charge in [-0.3, -0.25) is 9.40 Å². The molecule has 9 nitrogen and oxygen atoms in total. The predicted molar refractivity (Wildman–Crippen MR) is 101 cm³/mol. The first-order valence-corrected chi connectivity index (χ1v) is 10.7. The van der Waals surface area contributed by atoms with Crippen LogP contribution in [-0.4, -0.2) is 49.4 Å². The minimum absolute atomic E-state index is 0.0692. The fourth-order valence-corrected chi connectivity index (χ4v) is 5.56. The summed E-state index contributed by atoms with van der Waals surface area (Å²) in [5.41, 5.74) is 1.36. The molecule has 1 N–H and O–H groups in total. The summed E-state index contributed by atoms with van der Waals surface area (Å²) in [6, 6.07) is 5.49. The number of hydrogen-bond donors (Lipinski definition) is 1. The predicted octanol–water partition coefficient (Wildman–Crippen LogP) is 1.72. The van der Waals surface area contributed by atoms with E-state index in [4.69, 9.17) is 14.0 Å². The third-order valence-electron chi connectivity index (χ3n) is 5.52. The summed E-state index contributed by atoms with van der Waals surface area (Å²) in [7, 11) is -2.02. The minimum Gasteiger partial charge on any atom is -0.496 e. The molecule has 0 spiro atoms. The largest absolute Gasteiger partial charge is 0.496 e. The number of ether oxygens (including phenoxy) is 2. The molecule has 1 unspecified atom stereocenters. The Bertz CT molecular complexity index is 1100. The molecule has 0 amide bonds. The molecule has 148 valence electrons. The van der Waals surface area contributed by atoms with Crippen molar-refractivity contribution in [2.75, 3.05) is 30.8 Å². The van der Waals surface area contributed by atoms with Crippen molar-refractivity contribution in [1.82, 2.24) is 14.9 Å². The van der Waals surface area contributed by atoms with Gasteiger partial charge in [0, 0.05) is 12.4 Å². The van der Waals surface area contributed by atoms with Gasteiger partial charge in [0.1, 0.15) is 11.1 Å². The van der Waals surface area contributed by atoms with Gasteiger partial charge in [0.15, 0.2) is 11.4 Å². The number of hydrogen-bond acceptors (Lipinski definition) is 7. The van der Waals surface area contributed by atoms with E-state index in [1.54, 1.807) is 10.9 Å². The third kappa shape index (κ3) is 3.12. The van der Waals surface area contributed by atoms with Crippen molar-refractivity contribution in [3.63, 3.8) is 0 Å². The quantitative estimate of drug-likeness (QED) is 0.639. The summed E-state index contributed by atoms with van der Waals surface area (Å²) in [6.07, 6.45) is 3.56. The molecule has 2 fully saturated rings. The number of nitrogens with one attached hydrogen (secondary N) is 1. The fraction of sp³-hybridized carbons (Fsp3) is 0.444. The van der Waals surface area contributed by atoms with Crippen molar-refractivity contribution < 1.29 is 22.4 Å². The van der Waals surface area contributed by atoms with Crippen LogP contribution in [0.4, 0.5) is 5.82 Å². The molecule has 1 saturated heterocycles. The molecule has 1 aliphatic carbocycles. The highest BCUT2D eigenvalue weighted by atomic mass is 32.2. The summed E-state index contributed by atoms with van der Waals surface area (Å²) in [5.74, 6) is 1.61. The lowest BCUT2D eigenvalue weighted by atomic mass is 10.1. The smallest absolute Gasteiger partial charge is 0.234 e. The lowest BCUT2D eigenvalue weighted by Crippen LogP contribution is -2.20. The van der Waals surface area contributed by atoms with Crippen molar-refractivity contribution in [2.24, 2.45) is 17.8 Å². The molecule has 2 aromatic heterocycles. The maximum Gasteiger partial charge on any atom is 0.234 e. The van der Waals surface area contributed by atoms with Gasteiger partial charge in [0.05, 0.1) is 32.6 Å². The summed E-state index contributed by atoms with van der Waals surface area (Å²) in [4.78, 5) is 0. The Hall–Kier alpha value is -2.59. The van der Waals surface area contributed by atoms with Gasteiger partial charge in [-0.2, -0.15) is 5.10 Å². The first-order chi connectivity index (χ1) is 13.5. The van der Waals surface area contributed by atoms with Crippen LogP contribution in [0.1, 0.15) is 5.56 Å². The molecule has 3 atom stereocenters. The van der Waals surface area contributed by atoms with E-state index < -0.39 is 10.0 Å². The normalized spacial score (nSPS) is 23.7. The van der Waals surface area contributed by atoms with E-state index in [0.717, 1.165) is 5.56 Å². The highest BCUT2D eigenvalue weighted by Gasteiger charge is 2.55. The summed E-state index contributed by atoms with van der Waals surface area (Å²) in [5, 5.41) is 8.63. The molecule has 1 saturated carbocycles. The van der Waals surface area contributed by atoms with Crippen molar-refractivity contribution in [2.45, 2.75) is 6.54 Å². The van der Waals surface area contributed by atoms with Crippen molar-refractivity contribution >= 4 is 26.8 Å². The maximum atomic E-state index is 12.6. The fourth-order valence-electron chi connectivity index (χ4n) is 4.04. The van der Waals surface area contributed by atoms with Crippen LogP contribution in [0.3, 0.4) is 0 Å². The minimum atomic E-state index is -3.55. The molecule has 1 aromatic carbocycles. The average molecular weight is 404 g/mol. The zero-order valence-corrected chi connectivity index (χ0v) is 16.1. The van der Waals surface area contributed by atoms with E-state index in [1.165, 1.54) is 7.11 Å². The molecule has 10 heteroatoms. The van der Waals surface area contributed by atoms with Crippen molar-refractivity contribution in [1.29, 1.82) is 0 Å². The van der Waals surface area contributed by atoms with E-state index in [1.807, 2.05) is 24.4 Å². The van der Waals surface area contributed by atoms with Gasteiger partial charge in [-0.05, 0) is 41.5 Å². The molecule has 3 aromatic rings. The Morgan fingerprint density at radius 1 is 1.32 bits per heavy atom. The monoisotopic (exact) mass is 404 g/mol. The zero-order chi connectivity index (χ0) is 19.3. The van der Waals surface area contributed by atoms with Crippen LogP contribution in [0.15, 0.2) is 35.1 Å². The van der Waals surface area contributed by atoms with Crippen molar-refractivity contribution in [3.8, 4) is 5.75 Å². The molecule has 5 rings (SSSR count). The molecular weight excluding hydrogens is 384 g/mol. The molecule has 0 radical (unpaired) electrons. The summed E-state index contributed by atoms with van der Waals surface area (Å²) >= 11 is 0. The molecule has 3 heterocycles. The van der Waals surface area contributed by atoms with Gasteiger partial charge in [-0.25, -0.2) is 8.42 Å². The van der Waals surface area contributed by atoms with Crippen LogP contribution in [0, 0.1) is 17.8 Å². The number of methoxy groups -OCH3 is 1. The van der Waals surface area contributed by atoms with Gasteiger partial charge >= 0.3 is 0 Å². The van der Waals surface area contributed by atoms with E-state index in [-0.39, 0.29) is 17.5 Å². The standard InChI is InChI=1S/C18H20N4O5S/c1-25-15-5-11(7-22-4-2-3-19-22)6-16-17(15)18(20-27-16)21-28(23,24)10-14-12-8-26-9-13(12)14/h2-6,12-14H,7-10H2,1H3,(H,20,21)/t12-,13+,14?. The Labute approximate surface area is 161 Å². The number of sulfonamides is 1. The highest BCUT2D eigenvalue weighted by molar-refractivity contribution is 7.92. The van der Waals surface area contributed by atoms with Gasteiger partial charge in [0.2, 0.25) is 10.0 Å². The maximum absolute atomic E-state index is 12.6. The highest BCUT2D eigenvalue weighted by Crippen LogP contribution is 2.51. The Morgan fingerprint density at radius 2 is 2.14 bits per heavy atom. The number of aromatic nitrogens is 3. The Kier molecular flexibility index (Phi) is 4.06. The van der Waals surface area contributed by atoms with Gasteiger partial charge < -0.3 is 14.0 Å². The van der Waals surface area contributed by atoms with E-state index >= 15 is 0 Å². The van der Waals surface area contributed by atoms with Crippen LogP contribution in [0.25, 0.3) is 11.0 Å². The Morgan fingerprint density at radius 3 is 2.86 bits per heavy atom. The molecular formula is C18H20N4O5S. The van der Waals surface area contributed by atoms with Crippen molar-refractivity contribution in [3.05, 3.63) is 36.2 Å². The van der Waals surface area contributed by atoms with Gasteiger partial charge in [-0.1, -0.05) is 5.16 Å². The van der Waals surface area contributed by atoms with Crippen LogP contribution in [-0.2, 0) is 21.3 Å². The number of nitrogens with zero attached hydrogens (tertiary/aromatic N) is 3. The summed E-state index contributed by atoms with van der Waals surface area (Å²) < 4.78 is 45.8. The molecule has 28 heavy (non-hydrogen) atoms. The van der Waals surface area contributed by atoms with Crippen LogP contribution in [0.5, 0.6) is 5.75 Å². The first-order valence-electron chi connectivity index (χ1n) is 9.06. The average Bonchev–Trinajstić information content (AvgIpc) is 3.18. The lowest BCUT2D eigenvalue weighted by Gasteiger charge is -2.09. The van der Waals surface area contributed by atoms with E-state index in [0.29, 0.717) is 48.3 Å². The van der Waals surface area contributed by atoms with Crippen LogP contribution in [0.2, 0.25) is 0 Å². The number of fused-ring (bicyclic) bond motifs is 2. The second-order valence-electron chi connectivity index (χ2n) is 7.32. The number of rotatable bonds is 7. The Balaban J connectivity index is 1.40. The second-order valence-corrected chi connectivity index (χ2v) is 9.09. The molecule has 2 aliphatic rings. The van der Waals surface area contributed by atoms with Gasteiger partial charge in [0.25, 0.3) is 0 Å². The summed E-state index contributed by atoms with van der Waals surface area (Å²) in [6.45, 7) is 1.85. The lowest BCUT2D eigenvalue weighted by molar-refractivity contribution is 0.154. The van der Waals surface area contributed by atoms with Gasteiger partial charge in [-0.15, -0.1) is 0 Å². The van der Waals surface area contributed by atoms with E-state index in [2.05, 4.69) is 15.0 Å².